The fourth-order valence-electron chi connectivity index (χ4n) is 3.18. The zero-order valence-electron chi connectivity index (χ0n) is 13.0. The molecule has 2 fully saturated rings. The van der Waals surface area contributed by atoms with Crippen molar-refractivity contribution < 1.29 is 4.74 Å². The van der Waals surface area contributed by atoms with E-state index in [4.69, 9.17) is 10.5 Å². The molecular formula is C14H24N6O. The van der Waals surface area contributed by atoms with E-state index in [1.54, 1.807) is 0 Å². The molecular weight excluding hydrogens is 268 g/mol. The smallest absolute Gasteiger partial charge is 0.232 e. The Labute approximate surface area is 125 Å². The predicted molar refractivity (Wildman–Crippen MR) is 82.5 cm³/mol. The SMILES string of the molecule is CC1CN(c2nc(N)nc(N3CCCC3)n2)CC(C)(C)O1. The van der Waals surface area contributed by atoms with Crippen LogP contribution in [0.5, 0.6) is 0 Å². The minimum absolute atomic E-state index is 0.141. The number of hydrogen-bond donors (Lipinski definition) is 1. The molecule has 1 aromatic heterocycles. The third-order valence-corrected chi connectivity index (χ3v) is 3.87. The first-order valence-electron chi connectivity index (χ1n) is 7.62. The van der Waals surface area contributed by atoms with Gasteiger partial charge in [-0.3, -0.25) is 0 Å². The topological polar surface area (TPSA) is 80.4 Å². The first-order chi connectivity index (χ1) is 9.93. The maximum absolute atomic E-state index is 5.93. The summed E-state index contributed by atoms with van der Waals surface area (Å²) in [4.78, 5) is 17.6. The van der Waals surface area contributed by atoms with Gasteiger partial charge in [-0.2, -0.15) is 15.0 Å². The van der Waals surface area contributed by atoms with Gasteiger partial charge < -0.3 is 20.3 Å². The van der Waals surface area contributed by atoms with Gasteiger partial charge in [-0.1, -0.05) is 0 Å². The third-order valence-electron chi connectivity index (χ3n) is 3.87. The summed E-state index contributed by atoms with van der Waals surface area (Å²) in [6.07, 6.45) is 2.51. The molecule has 0 saturated carbocycles. The molecule has 0 aliphatic carbocycles. The van der Waals surface area contributed by atoms with Gasteiger partial charge in [0.2, 0.25) is 17.8 Å². The summed E-state index contributed by atoms with van der Waals surface area (Å²) < 4.78 is 5.93. The van der Waals surface area contributed by atoms with Crippen LogP contribution in [-0.4, -0.2) is 52.8 Å². The van der Waals surface area contributed by atoms with Crippen LogP contribution in [0, 0.1) is 0 Å². The molecule has 1 atom stereocenters. The highest BCUT2D eigenvalue weighted by atomic mass is 16.5. The number of morpholine rings is 1. The number of ether oxygens (including phenoxy) is 1. The summed E-state index contributed by atoms with van der Waals surface area (Å²) in [6, 6.07) is 0. The zero-order valence-corrected chi connectivity index (χ0v) is 13.0. The summed E-state index contributed by atoms with van der Waals surface area (Å²) >= 11 is 0. The molecule has 3 rings (SSSR count). The van der Waals surface area contributed by atoms with Gasteiger partial charge in [0, 0.05) is 26.2 Å². The van der Waals surface area contributed by atoms with Crippen molar-refractivity contribution in [1.82, 2.24) is 15.0 Å². The molecule has 1 aromatic rings. The number of nitrogens with two attached hydrogens (primary N) is 1. The third kappa shape index (κ3) is 3.18. The maximum Gasteiger partial charge on any atom is 0.232 e. The van der Waals surface area contributed by atoms with Crippen molar-refractivity contribution in [2.45, 2.75) is 45.3 Å². The lowest BCUT2D eigenvalue weighted by atomic mass is 10.1. The second-order valence-electron chi connectivity index (χ2n) is 6.56. The van der Waals surface area contributed by atoms with Crippen molar-refractivity contribution in [1.29, 1.82) is 0 Å². The Balaban J connectivity index is 1.87. The molecule has 2 N–H and O–H groups in total. The van der Waals surface area contributed by atoms with Crippen LogP contribution >= 0.6 is 0 Å². The lowest BCUT2D eigenvalue weighted by molar-refractivity contribution is -0.0753. The van der Waals surface area contributed by atoms with Gasteiger partial charge in [-0.25, -0.2) is 0 Å². The zero-order chi connectivity index (χ0) is 15.0. The molecule has 2 saturated heterocycles. The van der Waals surface area contributed by atoms with Crippen LogP contribution < -0.4 is 15.5 Å². The molecule has 116 valence electrons. The first kappa shape index (κ1) is 14.3. The molecule has 2 aliphatic rings. The Bertz CT molecular complexity index is 514. The largest absolute Gasteiger partial charge is 0.369 e. The van der Waals surface area contributed by atoms with Crippen LogP contribution in [0.25, 0.3) is 0 Å². The Morgan fingerprint density at radius 2 is 1.71 bits per heavy atom. The Hall–Kier alpha value is -1.63. The van der Waals surface area contributed by atoms with E-state index in [1.165, 1.54) is 12.8 Å². The van der Waals surface area contributed by atoms with Crippen molar-refractivity contribution in [2.75, 3.05) is 41.7 Å². The van der Waals surface area contributed by atoms with Crippen LogP contribution in [-0.2, 0) is 4.74 Å². The summed E-state index contributed by atoms with van der Waals surface area (Å²) in [7, 11) is 0. The van der Waals surface area contributed by atoms with Crippen molar-refractivity contribution in [2.24, 2.45) is 0 Å². The van der Waals surface area contributed by atoms with Crippen LogP contribution in [0.3, 0.4) is 0 Å². The van der Waals surface area contributed by atoms with Gasteiger partial charge in [-0.15, -0.1) is 0 Å². The Morgan fingerprint density at radius 3 is 2.33 bits per heavy atom. The minimum atomic E-state index is -0.215. The van der Waals surface area contributed by atoms with Gasteiger partial charge in [0.1, 0.15) is 0 Å². The van der Waals surface area contributed by atoms with Crippen LogP contribution in [0.15, 0.2) is 0 Å². The molecule has 0 spiro atoms. The number of anilines is 3. The molecule has 3 heterocycles. The van der Waals surface area contributed by atoms with E-state index in [9.17, 15) is 0 Å². The summed E-state index contributed by atoms with van der Waals surface area (Å²) in [5, 5.41) is 0. The molecule has 0 bridgehead atoms. The average Bonchev–Trinajstić information content (AvgIpc) is 2.89. The number of nitrogens with zero attached hydrogens (tertiary/aromatic N) is 5. The molecule has 2 aliphatic heterocycles. The Morgan fingerprint density at radius 1 is 1.10 bits per heavy atom. The van der Waals surface area contributed by atoms with E-state index in [0.717, 1.165) is 26.2 Å². The minimum Gasteiger partial charge on any atom is -0.369 e. The quantitative estimate of drug-likeness (QED) is 0.872. The number of rotatable bonds is 2. The lowest BCUT2D eigenvalue weighted by Crippen LogP contribution is -2.52. The fourth-order valence-corrected chi connectivity index (χ4v) is 3.18. The van der Waals surface area contributed by atoms with Crippen LogP contribution in [0.2, 0.25) is 0 Å². The van der Waals surface area contributed by atoms with E-state index in [1.807, 2.05) is 0 Å². The molecule has 7 heteroatoms. The van der Waals surface area contributed by atoms with Crippen molar-refractivity contribution in [3.05, 3.63) is 0 Å². The van der Waals surface area contributed by atoms with Crippen LogP contribution in [0.4, 0.5) is 17.8 Å². The molecule has 0 radical (unpaired) electrons. The number of hydrogen-bond acceptors (Lipinski definition) is 7. The van der Waals surface area contributed by atoms with Gasteiger partial charge in [0.25, 0.3) is 0 Å². The molecule has 21 heavy (non-hydrogen) atoms. The lowest BCUT2D eigenvalue weighted by Gasteiger charge is -2.41. The standard InChI is InChI=1S/C14H24N6O/c1-10-8-20(9-14(2,3)21-10)13-17-11(15)16-12(18-13)19-6-4-5-7-19/h10H,4-9H2,1-3H3,(H2,15,16,17,18). The maximum atomic E-state index is 5.93. The molecule has 1 unspecified atom stereocenters. The van der Waals surface area contributed by atoms with E-state index >= 15 is 0 Å². The fraction of sp³-hybridized carbons (Fsp3) is 0.786. The van der Waals surface area contributed by atoms with E-state index in [-0.39, 0.29) is 11.7 Å². The van der Waals surface area contributed by atoms with Gasteiger partial charge in [-0.05, 0) is 33.6 Å². The van der Waals surface area contributed by atoms with Crippen molar-refractivity contribution in [3.63, 3.8) is 0 Å². The summed E-state index contributed by atoms with van der Waals surface area (Å²) in [5.41, 5.74) is 5.67. The predicted octanol–water partition coefficient (Wildman–Crippen LogP) is 1.06. The van der Waals surface area contributed by atoms with Crippen molar-refractivity contribution in [3.8, 4) is 0 Å². The monoisotopic (exact) mass is 292 g/mol. The number of aromatic nitrogens is 3. The highest BCUT2D eigenvalue weighted by molar-refractivity contribution is 5.44. The number of nitrogen functional groups attached to an aromatic ring is 1. The van der Waals surface area contributed by atoms with Gasteiger partial charge in [0.15, 0.2) is 0 Å². The second kappa shape index (κ2) is 5.29. The summed E-state index contributed by atoms with van der Waals surface area (Å²) in [5.74, 6) is 1.65. The second-order valence-corrected chi connectivity index (χ2v) is 6.56. The van der Waals surface area contributed by atoms with Gasteiger partial charge in [0.05, 0.1) is 11.7 Å². The first-order valence-corrected chi connectivity index (χ1v) is 7.62. The molecule has 7 nitrogen and oxygen atoms in total. The highest BCUT2D eigenvalue weighted by Gasteiger charge is 2.33. The highest BCUT2D eigenvalue weighted by Crippen LogP contribution is 2.25. The Kier molecular flexibility index (Phi) is 3.61. The average molecular weight is 292 g/mol. The molecule has 0 amide bonds. The van der Waals surface area contributed by atoms with E-state index < -0.39 is 0 Å². The van der Waals surface area contributed by atoms with Crippen molar-refractivity contribution >= 4 is 17.8 Å². The normalized spacial score (nSPS) is 25.4. The van der Waals surface area contributed by atoms with E-state index in [2.05, 4.69) is 45.5 Å². The molecule has 0 aromatic carbocycles. The van der Waals surface area contributed by atoms with Crippen LogP contribution in [0.1, 0.15) is 33.6 Å². The van der Waals surface area contributed by atoms with E-state index in [0.29, 0.717) is 17.8 Å². The van der Waals surface area contributed by atoms with Gasteiger partial charge >= 0.3 is 0 Å². The summed E-state index contributed by atoms with van der Waals surface area (Å²) in [6.45, 7) is 9.75.